The maximum atomic E-state index is 5.68. The predicted octanol–water partition coefficient (Wildman–Crippen LogP) is 4.33. The summed E-state index contributed by atoms with van der Waals surface area (Å²) in [7, 11) is 0. The Morgan fingerprint density at radius 3 is 2.33 bits per heavy atom. The van der Waals surface area contributed by atoms with Crippen LogP contribution in [0, 0.1) is 0 Å². The average Bonchev–Trinajstić information content (AvgIpc) is 2.46. The first-order valence-corrected chi connectivity index (χ1v) is 6.64. The largest absolute Gasteiger partial charge is 0.326 e. The van der Waals surface area contributed by atoms with Crippen molar-refractivity contribution >= 4 is 0 Å². The molecular weight excluding hydrogens is 218 g/mol. The maximum absolute atomic E-state index is 5.68. The first-order valence-electron chi connectivity index (χ1n) is 6.64. The minimum Gasteiger partial charge on any atom is -0.326 e. The van der Waals surface area contributed by atoms with Crippen molar-refractivity contribution in [2.75, 3.05) is 0 Å². The van der Waals surface area contributed by atoms with E-state index in [-0.39, 0.29) is 0 Å². The van der Waals surface area contributed by atoms with E-state index in [1.807, 2.05) is 0 Å². The van der Waals surface area contributed by atoms with Gasteiger partial charge in [0.1, 0.15) is 0 Å². The zero-order valence-corrected chi connectivity index (χ0v) is 11.2. The Hall–Kier alpha value is -1.60. The van der Waals surface area contributed by atoms with Crippen molar-refractivity contribution in [3.63, 3.8) is 0 Å². The number of nitrogens with two attached hydrogens (primary N) is 1. The standard InChI is InChI=1S/C17H21N/c1-3-13(2)15-7-9-16(10-8-15)17-6-4-5-14(11-17)12-18/h4-11,13H,3,12,18H2,1-2H3. The van der Waals surface area contributed by atoms with E-state index in [9.17, 15) is 0 Å². The van der Waals surface area contributed by atoms with E-state index in [2.05, 4.69) is 62.4 Å². The van der Waals surface area contributed by atoms with Crippen molar-refractivity contribution in [3.05, 3.63) is 59.7 Å². The highest BCUT2D eigenvalue weighted by Gasteiger charge is 2.03. The third-order valence-electron chi connectivity index (χ3n) is 3.59. The highest BCUT2D eigenvalue weighted by molar-refractivity contribution is 5.64. The molecule has 0 amide bonds. The molecule has 0 aliphatic heterocycles. The number of benzene rings is 2. The van der Waals surface area contributed by atoms with Crippen molar-refractivity contribution in [3.8, 4) is 11.1 Å². The van der Waals surface area contributed by atoms with Gasteiger partial charge in [-0.05, 0) is 40.7 Å². The predicted molar refractivity (Wildman–Crippen MR) is 78.5 cm³/mol. The Bertz CT molecular complexity index is 499. The molecule has 0 heterocycles. The Morgan fingerprint density at radius 1 is 1.00 bits per heavy atom. The Labute approximate surface area is 110 Å². The van der Waals surface area contributed by atoms with Gasteiger partial charge < -0.3 is 5.73 Å². The van der Waals surface area contributed by atoms with Crippen LogP contribution in [0.15, 0.2) is 48.5 Å². The van der Waals surface area contributed by atoms with Crippen molar-refractivity contribution in [2.24, 2.45) is 5.73 Å². The van der Waals surface area contributed by atoms with Crippen LogP contribution in [0.1, 0.15) is 37.3 Å². The van der Waals surface area contributed by atoms with E-state index in [1.165, 1.54) is 28.7 Å². The number of rotatable bonds is 4. The molecule has 2 N–H and O–H groups in total. The average molecular weight is 239 g/mol. The SMILES string of the molecule is CCC(C)c1ccc(-c2cccc(CN)c2)cc1. The van der Waals surface area contributed by atoms with Crippen molar-refractivity contribution in [1.29, 1.82) is 0 Å². The third kappa shape index (κ3) is 2.80. The molecule has 1 atom stereocenters. The van der Waals surface area contributed by atoms with Gasteiger partial charge in [0, 0.05) is 6.54 Å². The molecule has 2 aromatic rings. The second-order valence-electron chi connectivity index (χ2n) is 4.84. The topological polar surface area (TPSA) is 26.0 Å². The van der Waals surface area contributed by atoms with Crippen molar-refractivity contribution < 1.29 is 0 Å². The van der Waals surface area contributed by atoms with Crippen LogP contribution in [-0.2, 0) is 6.54 Å². The molecular formula is C17H21N. The van der Waals surface area contributed by atoms with Crippen LogP contribution in [0.4, 0.5) is 0 Å². The van der Waals surface area contributed by atoms with Gasteiger partial charge in [-0.1, -0.05) is 56.3 Å². The molecule has 0 radical (unpaired) electrons. The van der Waals surface area contributed by atoms with Crippen molar-refractivity contribution in [1.82, 2.24) is 0 Å². The number of hydrogen-bond acceptors (Lipinski definition) is 1. The third-order valence-corrected chi connectivity index (χ3v) is 3.59. The summed E-state index contributed by atoms with van der Waals surface area (Å²) in [5.74, 6) is 0.634. The van der Waals surface area contributed by atoms with Gasteiger partial charge in [-0.15, -0.1) is 0 Å². The van der Waals surface area contributed by atoms with Gasteiger partial charge in [0.2, 0.25) is 0 Å². The minimum atomic E-state index is 0.596. The summed E-state index contributed by atoms with van der Waals surface area (Å²) in [6.07, 6.45) is 1.18. The van der Waals surface area contributed by atoms with Gasteiger partial charge in [0.05, 0.1) is 0 Å². The minimum absolute atomic E-state index is 0.596. The van der Waals surface area contributed by atoms with E-state index in [4.69, 9.17) is 5.73 Å². The highest BCUT2D eigenvalue weighted by atomic mass is 14.5. The summed E-state index contributed by atoms with van der Waals surface area (Å²) in [6, 6.07) is 17.3. The van der Waals surface area contributed by atoms with E-state index >= 15 is 0 Å². The summed E-state index contributed by atoms with van der Waals surface area (Å²) in [5, 5.41) is 0. The molecule has 2 rings (SSSR count). The Kier molecular flexibility index (Phi) is 4.16. The van der Waals surface area contributed by atoms with Crippen LogP contribution in [0.25, 0.3) is 11.1 Å². The molecule has 1 heteroatoms. The highest BCUT2D eigenvalue weighted by Crippen LogP contribution is 2.24. The van der Waals surface area contributed by atoms with Crippen molar-refractivity contribution in [2.45, 2.75) is 32.7 Å². The normalized spacial score (nSPS) is 12.4. The zero-order chi connectivity index (χ0) is 13.0. The van der Waals surface area contributed by atoms with E-state index in [1.54, 1.807) is 0 Å². The van der Waals surface area contributed by atoms with E-state index < -0.39 is 0 Å². The maximum Gasteiger partial charge on any atom is 0.0178 e. The fraction of sp³-hybridized carbons (Fsp3) is 0.294. The monoisotopic (exact) mass is 239 g/mol. The molecule has 1 nitrogen and oxygen atoms in total. The Morgan fingerprint density at radius 2 is 1.72 bits per heavy atom. The molecule has 0 saturated heterocycles. The molecule has 94 valence electrons. The van der Waals surface area contributed by atoms with Crippen LogP contribution >= 0.6 is 0 Å². The quantitative estimate of drug-likeness (QED) is 0.844. The van der Waals surface area contributed by atoms with Crippen LogP contribution in [0.3, 0.4) is 0 Å². The summed E-state index contributed by atoms with van der Waals surface area (Å²) in [5.41, 5.74) is 10.8. The molecule has 2 aromatic carbocycles. The molecule has 0 aliphatic rings. The lowest BCUT2D eigenvalue weighted by atomic mass is 9.95. The molecule has 0 bridgehead atoms. The van der Waals surface area contributed by atoms with Gasteiger partial charge in [-0.3, -0.25) is 0 Å². The van der Waals surface area contributed by atoms with Gasteiger partial charge in [0.15, 0.2) is 0 Å². The first kappa shape index (κ1) is 12.8. The summed E-state index contributed by atoms with van der Waals surface area (Å²) in [6.45, 7) is 5.09. The Balaban J connectivity index is 2.28. The van der Waals surface area contributed by atoms with Crippen LogP contribution in [0.5, 0.6) is 0 Å². The fourth-order valence-electron chi connectivity index (χ4n) is 2.12. The smallest absolute Gasteiger partial charge is 0.0178 e. The van der Waals surface area contributed by atoms with E-state index in [0.717, 1.165) is 0 Å². The lowest BCUT2D eigenvalue weighted by Crippen LogP contribution is -1.96. The molecule has 1 unspecified atom stereocenters. The molecule has 0 saturated carbocycles. The lowest BCUT2D eigenvalue weighted by Gasteiger charge is -2.10. The second-order valence-corrected chi connectivity index (χ2v) is 4.84. The zero-order valence-electron chi connectivity index (χ0n) is 11.2. The molecule has 0 aliphatic carbocycles. The lowest BCUT2D eigenvalue weighted by molar-refractivity contribution is 0.734. The summed E-state index contributed by atoms with van der Waals surface area (Å²) >= 11 is 0. The van der Waals surface area contributed by atoms with Gasteiger partial charge in [0.25, 0.3) is 0 Å². The van der Waals surface area contributed by atoms with Gasteiger partial charge in [-0.2, -0.15) is 0 Å². The number of hydrogen-bond donors (Lipinski definition) is 1. The fourth-order valence-corrected chi connectivity index (χ4v) is 2.12. The van der Waals surface area contributed by atoms with Crippen LogP contribution < -0.4 is 5.73 Å². The van der Waals surface area contributed by atoms with Gasteiger partial charge >= 0.3 is 0 Å². The first-order chi connectivity index (χ1) is 8.74. The van der Waals surface area contributed by atoms with Crippen LogP contribution in [-0.4, -0.2) is 0 Å². The summed E-state index contributed by atoms with van der Waals surface area (Å²) < 4.78 is 0. The van der Waals surface area contributed by atoms with Crippen LogP contribution in [0.2, 0.25) is 0 Å². The molecule has 0 aromatic heterocycles. The molecule has 0 fully saturated rings. The summed E-state index contributed by atoms with van der Waals surface area (Å²) in [4.78, 5) is 0. The van der Waals surface area contributed by atoms with E-state index in [0.29, 0.717) is 12.5 Å². The molecule has 18 heavy (non-hydrogen) atoms. The van der Waals surface area contributed by atoms with Gasteiger partial charge in [-0.25, -0.2) is 0 Å². The molecule has 0 spiro atoms. The second kappa shape index (κ2) is 5.83.